The highest BCUT2D eigenvalue weighted by Gasteiger charge is 2.15. The summed E-state index contributed by atoms with van der Waals surface area (Å²) in [6.45, 7) is 0. The van der Waals surface area contributed by atoms with E-state index in [1.165, 1.54) is 0 Å². The predicted octanol–water partition coefficient (Wildman–Crippen LogP) is 2.13. The highest BCUT2D eigenvalue weighted by molar-refractivity contribution is 5.86. The third kappa shape index (κ3) is 1.71. The topological polar surface area (TPSA) is 91.5 Å². The number of hydrogen-bond donors (Lipinski definition) is 1. The quantitative estimate of drug-likeness (QED) is 0.605. The van der Waals surface area contributed by atoms with E-state index in [4.69, 9.17) is 14.9 Å². The van der Waals surface area contributed by atoms with Gasteiger partial charge in [-0.15, -0.1) is 5.10 Å². The van der Waals surface area contributed by atoms with Gasteiger partial charge in [-0.3, -0.25) is 0 Å². The summed E-state index contributed by atoms with van der Waals surface area (Å²) in [6, 6.07) is 7.15. The fourth-order valence-corrected chi connectivity index (χ4v) is 2.28. The molecule has 4 aromatic heterocycles. The zero-order valence-corrected chi connectivity index (χ0v) is 11.1. The summed E-state index contributed by atoms with van der Waals surface area (Å²) in [7, 11) is 1.57. The van der Waals surface area contributed by atoms with E-state index in [9.17, 15) is 0 Å². The van der Waals surface area contributed by atoms with E-state index >= 15 is 0 Å². The van der Waals surface area contributed by atoms with Crippen molar-refractivity contribution < 1.29 is 9.15 Å². The number of nitrogens with zero attached hydrogens (tertiary/aromatic N) is 4. The first kappa shape index (κ1) is 11.7. The Morgan fingerprint density at radius 3 is 3.00 bits per heavy atom. The van der Waals surface area contributed by atoms with Crippen molar-refractivity contribution in [3.8, 4) is 17.3 Å². The summed E-state index contributed by atoms with van der Waals surface area (Å²) in [4.78, 5) is 8.44. The van der Waals surface area contributed by atoms with Crippen molar-refractivity contribution in [2.24, 2.45) is 0 Å². The minimum atomic E-state index is 0.414. The molecule has 0 fully saturated rings. The predicted molar refractivity (Wildman–Crippen MR) is 77.0 cm³/mol. The molecule has 0 atom stereocenters. The van der Waals surface area contributed by atoms with Crippen LogP contribution in [0.15, 0.2) is 41.1 Å². The molecule has 7 nitrogen and oxygen atoms in total. The number of rotatable bonds is 2. The normalized spacial score (nSPS) is 11.3. The maximum atomic E-state index is 5.84. The highest BCUT2D eigenvalue weighted by atomic mass is 16.5. The molecule has 104 valence electrons. The van der Waals surface area contributed by atoms with Crippen molar-refractivity contribution in [3.05, 3.63) is 36.7 Å². The smallest absolute Gasteiger partial charge is 0.224 e. The van der Waals surface area contributed by atoms with E-state index in [1.807, 2.05) is 6.07 Å². The van der Waals surface area contributed by atoms with Crippen LogP contribution in [0.4, 0.5) is 5.82 Å². The van der Waals surface area contributed by atoms with E-state index < -0.39 is 0 Å². The molecule has 4 heterocycles. The molecule has 0 unspecified atom stereocenters. The second-order valence-corrected chi connectivity index (χ2v) is 4.51. The van der Waals surface area contributed by atoms with Crippen LogP contribution in [0.5, 0.6) is 5.88 Å². The second kappa shape index (κ2) is 4.20. The Bertz CT molecular complexity index is 956. The van der Waals surface area contributed by atoms with Crippen molar-refractivity contribution in [2.45, 2.75) is 0 Å². The van der Waals surface area contributed by atoms with E-state index in [0.717, 1.165) is 11.1 Å². The van der Waals surface area contributed by atoms with Crippen LogP contribution in [-0.4, -0.2) is 26.7 Å². The fraction of sp³-hybridized carbons (Fsp3) is 0.0714. The molecule has 0 saturated carbocycles. The summed E-state index contributed by atoms with van der Waals surface area (Å²) in [5.74, 6) is 1.56. The van der Waals surface area contributed by atoms with Crippen molar-refractivity contribution >= 4 is 22.4 Å². The monoisotopic (exact) mass is 281 g/mol. The minimum absolute atomic E-state index is 0.414. The molecule has 2 N–H and O–H groups in total. The summed E-state index contributed by atoms with van der Waals surface area (Å²) >= 11 is 0. The van der Waals surface area contributed by atoms with Gasteiger partial charge in [0.25, 0.3) is 0 Å². The lowest BCUT2D eigenvalue weighted by molar-refractivity contribution is 0.403. The maximum Gasteiger partial charge on any atom is 0.224 e. The molecule has 0 saturated heterocycles. The number of imidazole rings is 1. The van der Waals surface area contributed by atoms with Crippen LogP contribution >= 0.6 is 0 Å². The van der Waals surface area contributed by atoms with Crippen molar-refractivity contribution in [2.75, 3.05) is 12.8 Å². The molecule has 0 aromatic carbocycles. The van der Waals surface area contributed by atoms with Crippen LogP contribution in [0.3, 0.4) is 0 Å². The first-order valence-corrected chi connectivity index (χ1v) is 6.29. The number of nitrogen functional groups attached to an aromatic ring is 1. The van der Waals surface area contributed by atoms with E-state index in [1.54, 1.807) is 42.2 Å². The molecule has 4 aromatic rings. The van der Waals surface area contributed by atoms with Gasteiger partial charge in [-0.25, -0.2) is 14.5 Å². The molecular weight excluding hydrogens is 270 g/mol. The molecule has 0 aliphatic carbocycles. The van der Waals surface area contributed by atoms with Crippen LogP contribution in [-0.2, 0) is 0 Å². The van der Waals surface area contributed by atoms with Crippen LogP contribution in [0, 0.1) is 0 Å². The molecule has 0 amide bonds. The van der Waals surface area contributed by atoms with Gasteiger partial charge in [0.1, 0.15) is 17.1 Å². The largest absolute Gasteiger partial charge is 0.480 e. The summed E-state index contributed by atoms with van der Waals surface area (Å²) in [5.41, 5.74) is 7.84. The molecule has 0 aliphatic rings. The zero-order valence-electron chi connectivity index (χ0n) is 11.1. The number of aromatic nitrogens is 4. The number of methoxy groups -OCH3 is 1. The van der Waals surface area contributed by atoms with E-state index in [2.05, 4.69) is 15.1 Å². The van der Waals surface area contributed by atoms with Crippen molar-refractivity contribution in [1.29, 1.82) is 0 Å². The van der Waals surface area contributed by atoms with Gasteiger partial charge in [0.05, 0.1) is 18.7 Å². The molecule has 0 aliphatic heterocycles. The van der Waals surface area contributed by atoms with Gasteiger partial charge in [-0.2, -0.15) is 0 Å². The Kier molecular flexibility index (Phi) is 2.34. The summed E-state index contributed by atoms with van der Waals surface area (Å²) in [6.07, 6.45) is 3.33. The number of pyridine rings is 1. The summed E-state index contributed by atoms with van der Waals surface area (Å²) in [5, 5.41) is 5.05. The molecule has 0 radical (unpaired) electrons. The third-order valence-electron chi connectivity index (χ3n) is 3.24. The molecule has 0 spiro atoms. The maximum absolute atomic E-state index is 5.84. The Balaban J connectivity index is 1.98. The van der Waals surface area contributed by atoms with Gasteiger partial charge in [0.15, 0.2) is 11.4 Å². The number of hydrogen-bond acceptors (Lipinski definition) is 6. The molecule has 0 bridgehead atoms. The zero-order chi connectivity index (χ0) is 14.4. The summed E-state index contributed by atoms with van der Waals surface area (Å²) < 4.78 is 12.7. The minimum Gasteiger partial charge on any atom is -0.480 e. The first-order chi connectivity index (χ1) is 10.3. The van der Waals surface area contributed by atoms with Crippen molar-refractivity contribution in [3.63, 3.8) is 0 Å². The molecular formula is C14H11N5O2. The van der Waals surface area contributed by atoms with E-state index in [0.29, 0.717) is 28.7 Å². The number of fused-ring (bicyclic) bond motifs is 2. The average Bonchev–Trinajstić information content (AvgIpc) is 3.09. The number of furan rings is 1. The standard InChI is InChI=1S/C14H11N5O2/c1-20-14-8-6-11(21-10(8)4-5-16-14)9-7-17-13-3-2-12(15)18-19(9)13/h2-7H,1H3,(H2,15,18). The lowest BCUT2D eigenvalue weighted by Crippen LogP contribution is -1.98. The lowest BCUT2D eigenvalue weighted by atomic mass is 10.3. The van der Waals surface area contributed by atoms with Crippen LogP contribution in [0.2, 0.25) is 0 Å². The molecule has 7 heteroatoms. The SMILES string of the molecule is COc1nccc2oc(-c3cnc4ccc(N)nn34)cc12. The van der Waals surface area contributed by atoms with E-state index in [-0.39, 0.29) is 0 Å². The Morgan fingerprint density at radius 1 is 1.24 bits per heavy atom. The lowest BCUT2D eigenvalue weighted by Gasteiger charge is -1.98. The number of ether oxygens (including phenoxy) is 1. The fourth-order valence-electron chi connectivity index (χ4n) is 2.28. The number of anilines is 1. The first-order valence-electron chi connectivity index (χ1n) is 6.29. The highest BCUT2D eigenvalue weighted by Crippen LogP contribution is 2.32. The van der Waals surface area contributed by atoms with Gasteiger partial charge >= 0.3 is 0 Å². The van der Waals surface area contributed by atoms with Gasteiger partial charge in [-0.05, 0) is 18.2 Å². The Labute approximate surface area is 119 Å². The Hall–Kier alpha value is -3.09. The average molecular weight is 281 g/mol. The van der Waals surface area contributed by atoms with Gasteiger partial charge in [-0.1, -0.05) is 0 Å². The van der Waals surface area contributed by atoms with Gasteiger partial charge in [0, 0.05) is 12.3 Å². The van der Waals surface area contributed by atoms with Gasteiger partial charge in [0.2, 0.25) is 5.88 Å². The molecule has 21 heavy (non-hydrogen) atoms. The third-order valence-corrected chi connectivity index (χ3v) is 3.24. The molecule has 4 rings (SSSR count). The van der Waals surface area contributed by atoms with Crippen LogP contribution in [0.1, 0.15) is 0 Å². The second-order valence-electron chi connectivity index (χ2n) is 4.51. The van der Waals surface area contributed by atoms with Gasteiger partial charge < -0.3 is 14.9 Å². The van der Waals surface area contributed by atoms with Crippen LogP contribution in [0.25, 0.3) is 28.1 Å². The van der Waals surface area contributed by atoms with Crippen molar-refractivity contribution in [1.82, 2.24) is 19.6 Å². The van der Waals surface area contributed by atoms with Crippen LogP contribution < -0.4 is 10.5 Å². The number of nitrogens with two attached hydrogens (primary N) is 1. The Morgan fingerprint density at radius 2 is 2.14 bits per heavy atom.